The van der Waals surface area contributed by atoms with Crippen LogP contribution in [0.3, 0.4) is 0 Å². The van der Waals surface area contributed by atoms with E-state index in [0.29, 0.717) is 0 Å². The Labute approximate surface area is 123 Å². The molecule has 114 valence electrons. The molecule has 1 aromatic rings. The van der Waals surface area contributed by atoms with Crippen LogP contribution < -0.4 is 10.6 Å². The van der Waals surface area contributed by atoms with E-state index in [4.69, 9.17) is 0 Å². The normalized spacial score (nSPS) is 10.6. The molecular weight excluding hydrogens is 248 g/mol. The second kappa shape index (κ2) is 9.56. The largest absolute Gasteiger partial charge is 0.370 e. The summed E-state index contributed by atoms with van der Waals surface area (Å²) < 4.78 is 0. The predicted octanol–water partition coefficient (Wildman–Crippen LogP) is 4.16. The summed E-state index contributed by atoms with van der Waals surface area (Å²) in [6, 6.07) is 0. The van der Waals surface area contributed by atoms with E-state index < -0.39 is 0 Å². The van der Waals surface area contributed by atoms with Crippen LogP contribution in [0.15, 0.2) is 0 Å². The van der Waals surface area contributed by atoms with E-state index in [1.807, 2.05) is 0 Å². The second-order valence-corrected chi connectivity index (χ2v) is 5.27. The third-order valence-electron chi connectivity index (χ3n) is 3.28. The lowest BCUT2D eigenvalue weighted by molar-refractivity contribution is 0.740. The van der Waals surface area contributed by atoms with Crippen molar-refractivity contribution in [3.8, 4) is 0 Å². The highest BCUT2D eigenvalue weighted by atomic mass is 15.1. The maximum atomic E-state index is 4.67. The average molecular weight is 278 g/mol. The Morgan fingerprint density at radius 3 is 2.00 bits per heavy atom. The average Bonchev–Trinajstić information content (AvgIpc) is 2.45. The fourth-order valence-electron chi connectivity index (χ4n) is 2.07. The molecule has 4 nitrogen and oxygen atoms in total. The van der Waals surface area contributed by atoms with Gasteiger partial charge in [-0.25, -0.2) is 9.97 Å². The first kappa shape index (κ1) is 16.7. The predicted molar refractivity (Wildman–Crippen MR) is 87.6 cm³/mol. The lowest BCUT2D eigenvalue weighted by atomic mass is 10.2. The van der Waals surface area contributed by atoms with Gasteiger partial charge in [-0.3, -0.25) is 0 Å². The van der Waals surface area contributed by atoms with Crippen LogP contribution in [0.4, 0.5) is 11.6 Å². The number of hydrogen-bond acceptors (Lipinski definition) is 4. The van der Waals surface area contributed by atoms with Gasteiger partial charge < -0.3 is 10.6 Å². The van der Waals surface area contributed by atoms with Crippen molar-refractivity contribution in [3.63, 3.8) is 0 Å². The number of nitrogens with zero attached hydrogens (tertiary/aromatic N) is 2. The Balaban J connectivity index is 2.80. The minimum Gasteiger partial charge on any atom is -0.370 e. The monoisotopic (exact) mass is 278 g/mol. The molecule has 0 aliphatic rings. The van der Waals surface area contributed by atoms with Crippen LogP contribution in [0.1, 0.15) is 64.3 Å². The number of unbranched alkanes of at least 4 members (excludes halogenated alkanes) is 2. The van der Waals surface area contributed by atoms with Gasteiger partial charge in [-0.2, -0.15) is 0 Å². The zero-order chi connectivity index (χ0) is 14.8. The topological polar surface area (TPSA) is 49.8 Å². The van der Waals surface area contributed by atoms with E-state index in [-0.39, 0.29) is 0 Å². The van der Waals surface area contributed by atoms with Crippen LogP contribution in [0.5, 0.6) is 0 Å². The first-order valence-corrected chi connectivity index (χ1v) is 8.08. The molecule has 0 bridgehead atoms. The molecule has 1 heterocycles. The smallest absolute Gasteiger partial charge is 0.134 e. The van der Waals surface area contributed by atoms with E-state index in [1.54, 1.807) is 0 Å². The Kier molecular flexibility index (Phi) is 8.00. The van der Waals surface area contributed by atoms with Gasteiger partial charge in [-0.05, 0) is 26.2 Å². The molecule has 0 amide bonds. The van der Waals surface area contributed by atoms with Gasteiger partial charge in [0, 0.05) is 25.1 Å². The molecule has 0 saturated heterocycles. The van der Waals surface area contributed by atoms with Gasteiger partial charge in [-0.15, -0.1) is 0 Å². The van der Waals surface area contributed by atoms with Crippen LogP contribution in [0, 0.1) is 6.92 Å². The first-order valence-electron chi connectivity index (χ1n) is 8.08. The van der Waals surface area contributed by atoms with Crippen molar-refractivity contribution in [1.82, 2.24) is 9.97 Å². The molecule has 2 N–H and O–H groups in total. The summed E-state index contributed by atoms with van der Waals surface area (Å²) in [5.41, 5.74) is 1.13. The Morgan fingerprint density at radius 1 is 0.800 bits per heavy atom. The highest BCUT2D eigenvalue weighted by Gasteiger charge is 2.09. The van der Waals surface area contributed by atoms with Crippen LogP contribution in [0.2, 0.25) is 0 Å². The molecule has 1 aromatic heterocycles. The van der Waals surface area contributed by atoms with E-state index in [0.717, 1.165) is 55.4 Å². The standard InChI is InChI=1S/C16H30N4/c1-5-8-9-12-18-16-13(4)15(17-11-7-3)19-14(20-16)10-6-2/h5-12H2,1-4H3,(H2,17,18,19,20). The Bertz CT molecular complexity index is 390. The fraction of sp³-hybridized carbons (Fsp3) is 0.750. The maximum Gasteiger partial charge on any atom is 0.134 e. The summed E-state index contributed by atoms with van der Waals surface area (Å²) in [5, 5.41) is 6.88. The summed E-state index contributed by atoms with van der Waals surface area (Å²) in [6.45, 7) is 10.6. The quantitative estimate of drug-likeness (QED) is 0.631. The van der Waals surface area contributed by atoms with E-state index in [1.165, 1.54) is 19.3 Å². The third-order valence-corrected chi connectivity index (χ3v) is 3.28. The van der Waals surface area contributed by atoms with Gasteiger partial charge in [0.1, 0.15) is 17.5 Å². The van der Waals surface area contributed by atoms with Gasteiger partial charge in [-0.1, -0.05) is 33.6 Å². The number of anilines is 2. The molecule has 0 aromatic carbocycles. The first-order chi connectivity index (χ1) is 9.72. The maximum absolute atomic E-state index is 4.67. The number of aromatic nitrogens is 2. The van der Waals surface area contributed by atoms with Crippen LogP contribution >= 0.6 is 0 Å². The number of rotatable bonds is 10. The van der Waals surface area contributed by atoms with Crippen molar-refractivity contribution in [1.29, 1.82) is 0 Å². The molecule has 0 unspecified atom stereocenters. The van der Waals surface area contributed by atoms with Gasteiger partial charge in [0.05, 0.1) is 0 Å². The molecule has 0 aliphatic heterocycles. The van der Waals surface area contributed by atoms with Gasteiger partial charge in [0.15, 0.2) is 0 Å². The summed E-state index contributed by atoms with van der Waals surface area (Å²) in [4.78, 5) is 9.31. The summed E-state index contributed by atoms with van der Waals surface area (Å²) in [6.07, 6.45) is 6.82. The molecule has 0 fully saturated rings. The van der Waals surface area contributed by atoms with E-state index >= 15 is 0 Å². The number of nitrogens with one attached hydrogen (secondary N) is 2. The van der Waals surface area contributed by atoms with Crippen molar-refractivity contribution in [2.24, 2.45) is 0 Å². The van der Waals surface area contributed by atoms with Gasteiger partial charge in [0.2, 0.25) is 0 Å². The number of hydrogen-bond donors (Lipinski definition) is 2. The highest BCUT2D eigenvalue weighted by molar-refractivity contribution is 5.57. The summed E-state index contributed by atoms with van der Waals surface area (Å²) in [5.74, 6) is 2.93. The van der Waals surface area contributed by atoms with Gasteiger partial charge >= 0.3 is 0 Å². The van der Waals surface area contributed by atoms with E-state index in [2.05, 4.69) is 48.3 Å². The third kappa shape index (κ3) is 5.35. The Morgan fingerprint density at radius 2 is 1.45 bits per heavy atom. The second-order valence-electron chi connectivity index (χ2n) is 5.27. The lowest BCUT2D eigenvalue weighted by Gasteiger charge is -2.14. The molecule has 0 radical (unpaired) electrons. The summed E-state index contributed by atoms with van der Waals surface area (Å²) in [7, 11) is 0. The highest BCUT2D eigenvalue weighted by Crippen LogP contribution is 2.20. The molecular formula is C16H30N4. The van der Waals surface area contributed by atoms with Gasteiger partial charge in [0.25, 0.3) is 0 Å². The van der Waals surface area contributed by atoms with Crippen molar-refractivity contribution in [3.05, 3.63) is 11.4 Å². The fourth-order valence-corrected chi connectivity index (χ4v) is 2.07. The SMILES string of the molecule is CCCCCNc1nc(CCC)nc(NCCC)c1C. The zero-order valence-corrected chi connectivity index (χ0v) is 13.6. The minimum absolute atomic E-state index is 0.935. The lowest BCUT2D eigenvalue weighted by Crippen LogP contribution is -2.12. The molecule has 4 heteroatoms. The Hall–Kier alpha value is -1.32. The zero-order valence-electron chi connectivity index (χ0n) is 13.6. The van der Waals surface area contributed by atoms with Crippen LogP contribution in [0.25, 0.3) is 0 Å². The van der Waals surface area contributed by atoms with Crippen molar-refractivity contribution < 1.29 is 0 Å². The van der Waals surface area contributed by atoms with Crippen LogP contribution in [-0.2, 0) is 6.42 Å². The minimum atomic E-state index is 0.935. The molecule has 0 aliphatic carbocycles. The number of aryl methyl sites for hydroxylation is 1. The van der Waals surface area contributed by atoms with Crippen molar-refractivity contribution in [2.75, 3.05) is 23.7 Å². The van der Waals surface area contributed by atoms with Crippen LogP contribution in [-0.4, -0.2) is 23.1 Å². The molecule has 20 heavy (non-hydrogen) atoms. The summed E-state index contributed by atoms with van der Waals surface area (Å²) >= 11 is 0. The molecule has 0 saturated carbocycles. The van der Waals surface area contributed by atoms with Crippen molar-refractivity contribution in [2.45, 2.75) is 66.2 Å². The molecule has 0 spiro atoms. The van der Waals surface area contributed by atoms with Crippen molar-refractivity contribution >= 4 is 11.6 Å². The van der Waals surface area contributed by atoms with E-state index in [9.17, 15) is 0 Å². The molecule has 0 atom stereocenters. The molecule has 1 rings (SSSR count).